The number of para-hydroxylation sites is 1. The maximum Gasteiger partial charge on any atom is 0.408 e. The topological polar surface area (TPSA) is 88.7 Å². The van der Waals surface area contributed by atoms with Crippen LogP contribution in [-0.2, 0) is 20.9 Å². The van der Waals surface area contributed by atoms with Crippen LogP contribution in [0.15, 0.2) is 78.9 Å². The fraction of sp³-hybridized carbons (Fsp3) is 0.286. The fourth-order valence-corrected chi connectivity index (χ4v) is 3.31. The molecule has 0 saturated heterocycles. The van der Waals surface area contributed by atoms with Crippen molar-refractivity contribution in [1.82, 2.24) is 5.32 Å². The number of alkyl carbamates (subject to hydrolysis) is 1. The second-order valence-corrected chi connectivity index (χ2v) is 9.20. The van der Waals surface area contributed by atoms with Gasteiger partial charge in [0, 0.05) is 18.7 Å². The largest absolute Gasteiger partial charge is 0.444 e. The van der Waals surface area contributed by atoms with Crippen molar-refractivity contribution in [3.63, 3.8) is 0 Å². The van der Waals surface area contributed by atoms with Gasteiger partial charge in [-0.1, -0.05) is 48.5 Å². The van der Waals surface area contributed by atoms with E-state index in [4.69, 9.17) is 9.47 Å². The van der Waals surface area contributed by atoms with Crippen LogP contribution in [0.25, 0.3) is 0 Å². The van der Waals surface area contributed by atoms with Crippen molar-refractivity contribution in [2.45, 2.75) is 45.4 Å². The lowest BCUT2D eigenvalue weighted by Gasteiger charge is -2.24. The molecule has 0 radical (unpaired) electrons. The number of carbonyl (C=O) groups is 2. The minimum absolute atomic E-state index is 0.209. The van der Waals surface area contributed by atoms with Crippen molar-refractivity contribution in [3.8, 4) is 0 Å². The summed E-state index contributed by atoms with van der Waals surface area (Å²) < 4.78 is 25.0. The zero-order valence-electron chi connectivity index (χ0n) is 20.7. The molecule has 0 aromatic heterocycles. The molecule has 1 atom stereocenters. The van der Waals surface area contributed by atoms with E-state index >= 15 is 0 Å². The zero-order valence-corrected chi connectivity index (χ0v) is 20.7. The Kier molecular flexibility index (Phi) is 9.41. The standard InChI is InChI=1S/C28H32FN3O4/c1-28(2,3)36-27(34)32-24(16-17-35-19-20-10-6-4-7-11-20)26(33)31-23-15-14-21(29)18-25(23)30-22-12-8-5-9-13-22/h4-15,18,24,30H,16-17,19H2,1-3H3,(H,31,33)(H,32,34)/t24-/m0/s1. The van der Waals surface area contributed by atoms with Gasteiger partial charge in [0.25, 0.3) is 0 Å². The highest BCUT2D eigenvalue weighted by Crippen LogP contribution is 2.27. The molecule has 0 aliphatic carbocycles. The van der Waals surface area contributed by atoms with Crippen LogP contribution in [0.1, 0.15) is 32.8 Å². The normalized spacial score (nSPS) is 11.9. The van der Waals surface area contributed by atoms with Gasteiger partial charge in [0.15, 0.2) is 0 Å². The molecule has 3 rings (SSSR count). The van der Waals surface area contributed by atoms with Gasteiger partial charge in [0.05, 0.1) is 18.0 Å². The quantitative estimate of drug-likeness (QED) is 0.301. The first-order valence-corrected chi connectivity index (χ1v) is 11.7. The third kappa shape index (κ3) is 9.03. The Balaban J connectivity index is 1.70. The molecule has 7 nitrogen and oxygen atoms in total. The average molecular weight is 494 g/mol. The minimum atomic E-state index is -0.940. The fourth-order valence-electron chi connectivity index (χ4n) is 3.31. The zero-order chi connectivity index (χ0) is 26.0. The molecular formula is C28H32FN3O4. The lowest BCUT2D eigenvalue weighted by molar-refractivity contribution is -0.118. The van der Waals surface area contributed by atoms with E-state index in [2.05, 4.69) is 16.0 Å². The van der Waals surface area contributed by atoms with E-state index in [1.165, 1.54) is 18.2 Å². The van der Waals surface area contributed by atoms with E-state index in [9.17, 15) is 14.0 Å². The van der Waals surface area contributed by atoms with E-state index in [0.717, 1.165) is 11.3 Å². The summed E-state index contributed by atoms with van der Waals surface area (Å²) in [5.41, 5.74) is 1.76. The third-order valence-electron chi connectivity index (χ3n) is 4.96. The van der Waals surface area contributed by atoms with Gasteiger partial charge in [-0.2, -0.15) is 0 Å². The van der Waals surface area contributed by atoms with E-state index in [1.54, 1.807) is 20.8 Å². The molecule has 0 aliphatic rings. The summed E-state index contributed by atoms with van der Waals surface area (Å²) in [5.74, 6) is -0.934. The number of halogens is 1. The molecule has 0 heterocycles. The number of anilines is 3. The van der Waals surface area contributed by atoms with E-state index in [1.807, 2.05) is 60.7 Å². The van der Waals surface area contributed by atoms with Crippen molar-refractivity contribution in [3.05, 3.63) is 90.2 Å². The summed E-state index contributed by atoms with van der Waals surface area (Å²) in [4.78, 5) is 25.6. The van der Waals surface area contributed by atoms with Gasteiger partial charge < -0.3 is 25.4 Å². The van der Waals surface area contributed by atoms with Gasteiger partial charge in [-0.05, 0) is 56.7 Å². The van der Waals surface area contributed by atoms with Gasteiger partial charge >= 0.3 is 6.09 Å². The first kappa shape index (κ1) is 26.7. The highest BCUT2D eigenvalue weighted by atomic mass is 19.1. The minimum Gasteiger partial charge on any atom is -0.444 e. The van der Waals surface area contributed by atoms with Crippen LogP contribution in [0, 0.1) is 5.82 Å². The Morgan fingerprint density at radius 1 is 0.917 bits per heavy atom. The van der Waals surface area contributed by atoms with E-state index in [0.29, 0.717) is 18.0 Å². The summed E-state index contributed by atoms with van der Waals surface area (Å²) in [6.45, 7) is 5.83. The number of carbonyl (C=O) groups excluding carboxylic acids is 2. The molecule has 2 amide bonds. The van der Waals surface area contributed by atoms with Crippen LogP contribution >= 0.6 is 0 Å². The van der Waals surface area contributed by atoms with Crippen LogP contribution < -0.4 is 16.0 Å². The van der Waals surface area contributed by atoms with Crippen LogP contribution in [0.2, 0.25) is 0 Å². The molecule has 0 aliphatic heterocycles. The molecule has 190 valence electrons. The molecule has 36 heavy (non-hydrogen) atoms. The molecule has 8 heteroatoms. The average Bonchev–Trinajstić information content (AvgIpc) is 2.83. The number of nitrogens with one attached hydrogen (secondary N) is 3. The van der Waals surface area contributed by atoms with Crippen LogP contribution in [0.5, 0.6) is 0 Å². The van der Waals surface area contributed by atoms with E-state index < -0.39 is 29.5 Å². The highest BCUT2D eigenvalue weighted by Gasteiger charge is 2.25. The second-order valence-electron chi connectivity index (χ2n) is 9.20. The Morgan fingerprint density at radius 3 is 2.25 bits per heavy atom. The van der Waals surface area contributed by atoms with Gasteiger partial charge in [-0.15, -0.1) is 0 Å². The van der Waals surface area contributed by atoms with Crippen LogP contribution in [0.3, 0.4) is 0 Å². The predicted molar refractivity (Wildman–Crippen MR) is 139 cm³/mol. The van der Waals surface area contributed by atoms with Crippen molar-refractivity contribution in [2.24, 2.45) is 0 Å². The first-order chi connectivity index (χ1) is 17.2. The number of benzene rings is 3. The molecule has 0 bridgehead atoms. The van der Waals surface area contributed by atoms with Crippen molar-refractivity contribution in [1.29, 1.82) is 0 Å². The highest BCUT2D eigenvalue weighted by molar-refractivity contribution is 5.99. The SMILES string of the molecule is CC(C)(C)OC(=O)N[C@@H](CCOCc1ccccc1)C(=O)Nc1ccc(F)cc1Nc1ccccc1. The Labute approximate surface area is 211 Å². The van der Waals surface area contributed by atoms with E-state index in [-0.39, 0.29) is 13.0 Å². The van der Waals surface area contributed by atoms with Crippen molar-refractivity contribution in [2.75, 3.05) is 17.2 Å². The molecule has 0 saturated carbocycles. The number of hydrogen-bond donors (Lipinski definition) is 3. The molecular weight excluding hydrogens is 461 g/mol. The molecule has 3 aromatic rings. The number of hydrogen-bond acceptors (Lipinski definition) is 5. The molecule has 0 spiro atoms. The smallest absolute Gasteiger partial charge is 0.408 e. The third-order valence-corrected chi connectivity index (χ3v) is 4.96. The van der Waals surface area contributed by atoms with Crippen LogP contribution in [0.4, 0.5) is 26.2 Å². The monoisotopic (exact) mass is 493 g/mol. The van der Waals surface area contributed by atoms with Gasteiger partial charge in [-0.25, -0.2) is 9.18 Å². The Hall–Kier alpha value is -3.91. The lowest BCUT2D eigenvalue weighted by atomic mass is 10.1. The molecule has 0 unspecified atom stereocenters. The summed E-state index contributed by atoms with van der Waals surface area (Å²) in [6.07, 6.45) is -0.506. The van der Waals surface area contributed by atoms with Gasteiger partial charge in [-0.3, -0.25) is 4.79 Å². The summed E-state index contributed by atoms with van der Waals surface area (Å²) in [6, 6.07) is 21.9. The maximum absolute atomic E-state index is 14.0. The Bertz CT molecular complexity index is 1130. The molecule has 3 N–H and O–H groups in total. The lowest BCUT2D eigenvalue weighted by Crippen LogP contribution is -2.46. The summed E-state index contributed by atoms with van der Waals surface area (Å²) in [5, 5.41) is 8.52. The number of ether oxygens (including phenoxy) is 2. The van der Waals surface area contributed by atoms with Crippen LogP contribution in [-0.4, -0.2) is 30.3 Å². The molecule has 0 fully saturated rings. The second kappa shape index (κ2) is 12.7. The van der Waals surface area contributed by atoms with Gasteiger partial charge in [0.1, 0.15) is 17.5 Å². The first-order valence-electron chi connectivity index (χ1n) is 11.7. The number of amides is 2. The maximum atomic E-state index is 14.0. The summed E-state index contributed by atoms with van der Waals surface area (Å²) >= 11 is 0. The predicted octanol–water partition coefficient (Wildman–Crippen LogP) is 6.01. The number of rotatable bonds is 10. The van der Waals surface area contributed by atoms with Crippen molar-refractivity contribution >= 4 is 29.1 Å². The van der Waals surface area contributed by atoms with Crippen molar-refractivity contribution < 1.29 is 23.5 Å². The van der Waals surface area contributed by atoms with Gasteiger partial charge in [0.2, 0.25) is 5.91 Å². The molecule has 3 aromatic carbocycles. The Morgan fingerprint density at radius 2 is 1.58 bits per heavy atom. The summed E-state index contributed by atoms with van der Waals surface area (Å²) in [7, 11) is 0.